The molecule has 2 rings (SSSR count). The first-order chi connectivity index (χ1) is 11.6. The van der Waals surface area contributed by atoms with Crippen LogP contribution in [0.25, 0.3) is 0 Å². The molecule has 0 spiro atoms. The van der Waals surface area contributed by atoms with Gasteiger partial charge in [-0.25, -0.2) is 10.2 Å². The van der Waals surface area contributed by atoms with E-state index in [1.54, 1.807) is 55.5 Å². The number of nitrogens with one attached hydrogen (secondary N) is 3. The molecule has 7 nitrogen and oxygen atoms in total. The van der Waals surface area contributed by atoms with Gasteiger partial charge in [-0.15, -0.1) is 0 Å². The summed E-state index contributed by atoms with van der Waals surface area (Å²) in [5.74, 6) is -0.0621. The molecule has 0 aliphatic carbocycles. The number of rotatable bonds is 4. The Morgan fingerprint density at radius 1 is 1.04 bits per heavy atom. The van der Waals surface area contributed by atoms with Gasteiger partial charge >= 0.3 is 6.03 Å². The van der Waals surface area contributed by atoms with E-state index < -0.39 is 18.0 Å². The van der Waals surface area contributed by atoms with Gasteiger partial charge in [0.1, 0.15) is 5.75 Å². The quantitative estimate of drug-likeness (QED) is 0.750. The van der Waals surface area contributed by atoms with Crippen LogP contribution in [0.2, 0.25) is 0 Å². The van der Waals surface area contributed by atoms with Gasteiger partial charge in [0, 0.05) is 5.69 Å². The molecule has 0 fully saturated rings. The van der Waals surface area contributed by atoms with E-state index in [2.05, 4.69) is 16.2 Å². The van der Waals surface area contributed by atoms with E-state index in [-0.39, 0.29) is 0 Å². The lowest BCUT2D eigenvalue weighted by Crippen LogP contribution is -2.48. The van der Waals surface area contributed by atoms with Gasteiger partial charge in [-0.3, -0.25) is 10.2 Å². The van der Waals surface area contributed by atoms with Crippen molar-refractivity contribution in [2.45, 2.75) is 13.0 Å². The number of carbonyl (C=O) groups excluding carboxylic acids is 2. The molecule has 0 aliphatic rings. The van der Waals surface area contributed by atoms with Gasteiger partial charge in [0.25, 0.3) is 5.91 Å². The molecule has 1 atom stereocenters. The van der Waals surface area contributed by atoms with Gasteiger partial charge in [-0.2, -0.15) is 5.26 Å². The molecule has 0 aliphatic heterocycles. The summed E-state index contributed by atoms with van der Waals surface area (Å²) >= 11 is 0. The van der Waals surface area contributed by atoms with Crippen LogP contribution in [0.1, 0.15) is 12.5 Å². The van der Waals surface area contributed by atoms with Crippen molar-refractivity contribution in [2.75, 3.05) is 5.32 Å². The Hall–Kier alpha value is -3.53. The molecular formula is C17H16N4O3. The average Bonchev–Trinajstić information content (AvgIpc) is 2.61. The second-order valence-electron chi connectivity index (χ2n) is 4.83. The zero-order valence-electron chi connectivity index (χ0n) is 12.9. The number of carbonyl (C=O) groups is 2. The topological polar surface area (TPSA) is 103 Å². The SMILES string of the molecule is CC(Oc1ccc(C#N)cc1)C(=O)NNC(=O)Nc1ccccc1. The first-order valence-corrected chi connectivity index (χ1v) is 7.17. The summed E-state index contributed by atoms with van der Waals surface area (Å²) in [5.41, 5.74) is 5.61. The summed E-state index contributed by atoms with van der Waals surface area (Å²) < 4.78 is 5.43. The number of benzene rings is 2. The third kappa shape index (κ3) is 5.03. The highest BCUT2D eigenvalue weighted by Crippen LogP contribution is 2.13. The highest BCUT2D eigenvalue weighted by Gasteiger charge is 2.15. The lowest BCUT2D eigenvalue weighted by atomic mass is 10.2. The van der Waals surface area contributed by atoms with Gasteiger partial charge in [0.05, 0.1) is 11.6 Å². The maximum absolute atomic E-state index is 11.9. The number of hydrazine groups is 1. The molecule has 3 amide bonds. The molecule has 0 saturated heterocycles. The Bertz CT molecular complexity index is 739. The Kier molecular flexibility index (Phi) is 5.75. The minimum Gasteiger partial charge on any atom is -0.481 e. The summed E-state index contributed by atoms with van der Waals surface area (Å²) in [4.78, 5) is 23.6. The van der Waals surface area contributed by atoms with Gasteiger partial charge in [-0.1, -0.05) is 18.2 Å². The summed E-state index contributed by atoms with van der Waals surface area (Å²) in [5, 5.41) is 11.3. The van der Waals surface area contributed by atoms with E-state index in [1.807, 2.05) is 12.1 Å². The monoisotopic (exact) mass is 324 g/mol. The van der Waals surface area contributed by atoms with Crippen molar-refractivity contribution in [3.8, 4) is 11.8 Å². The molecule has 0 aromatic heterocycles. The standard InChI is InChI=1S/C17H16N4O3/c1-12(24-15-9-7-13(11-18)8-10-15)16(22)20-21-17(23)19-14-5-3-2-4-6-14/h2-10,12H,1H3,(H,20,22)(H2,19,21,23). The fraction of sp³-hybridized carbons (Fsp3) is 0.118. The van der Waals surface area contributed by atoms with Gasteiger partial charge in [-0.05, 0) is 43.3 Å². The molecule has 2 aromatic rings. The van der Waals surface area contributed by atoms with Crippen molar-refractivity contribution in [1.29, 1.82) is 5.26 Å². The summed E-state index contributed by atoms with van der Waals surface area (Å²) in [6.07, 6.45) is -0.824. The number of hydrogen-bond donors (Lipinski definition) is 3. The summed E-state index contributed by atoms with van der Waals surface area (Å²) in [6.45, 7) is 1.55. The summed E-state index contributed by atoms with van der Waals surface area (Å²) in [7, 11) is 0. The first kappa shape index (κ1) is 16.8. The van der Waals surface area contributed by atoms with E-state index >= 15 is 0 Å². The van der Waals surface area contributed by atoms with Crippen LogP contribution in [0.5, 0.6) is 5.75 Å². The number of ether oxygens (including phenoxy) is 1. The second-order valence-corrected chi connectivity index (χ2v) is 4.83. The minimum atomic E-state index is -0.824. The van der Waals surface area contributed by atoms with E-state index in [4.69, 9.17) is 10.00 Å². The fourth-order valence-electron chi connectivity index (χ4n) is 1.77. The third-order valence-electron chi connectivity index (χ3n) is 3.00. The van der Waals surface area contributed by atoms with E-state index in [0.717, 1.165) is 0 Å². The number of urea groups is 1. The largest absolute Gasteiger partial charge is 0.481 e. The van der Waals surface area contributed by atoms with Crippen LogP contribution in [-0.2, 0) is 4.79 Å². The van der Waals surface area contributed by atoms with Gasteiger partial charge < -0.3 is 10.1 Å². The van der Waals surface area contributed by atoms with Crippen molar-refractivity contribution < 1.29 is 14.3 Å². The van der Waals surface area contributed by atoms with Crippen LogP contribution in [0.15, 0.2) is 54.6 Å². The average molecular weight is 324 g/mol. The molecule has 1 unspecified atom stereocenters. The molecule has 24 heavy (non-hydrogen) atoms. The van der Waals surface area contributed by atoms with Crippen LogP contribution >= 0.6 is 0 Å². The Labute approximate surface area is 139 Å². The predicted octanol–water partition coefficient (Wildman–Crippen LogP) is 2.18. The fourth-order valence-corrected chi connectivity index (χ4v) is 1.77. The Balaban J connectivity index is 1.78. The number of para-hydroxylation sites is 1. The lowest BCUT2D eigenvalue weighted by Gasteiger charge is -2.15. The van der Waals surface area contributed by atoms with Crippen molar-refractivity contribution in [3.63, 3.8) is 0 Å². The molecule has 0 radical (unpaired) electrons. The van der Waals surface area contributed by atoms with Crippen LogP contribution in [-0.4, -0.2) is 18.0 Å². The van der Waals surface area contributed by atoms with Crippen molar-refractivity contribution in [1.82, 2.24) is 10.9 Å². The maximum atomic E-state index is 11.9. The number of nitriles is 1. The Morgan fingerprint density at radius 2 is 1.71 bits per heavy atom. The molecule has 122 valence electrons. The highest BCUT2D eigenvalue weighted by molar-refractivity contribution is 5.91. The van der Waals surface area contributed by atoms with E-state index in [9.17, 15) is 9.59 Å². The minimum absolute atomic E-state index is 0.449. The molecule has 7 heteroatoms. The number of nitrogens with zero attached hydrogens (tertiary/aromatic N) is 1. The number of anilines is 1. The summed E-state index contributed by atoms with van der Waals surface area (Å²) in [6, 6.07) is 16.6. The zero-order chi connectivity index (χ0) is 17.4. The van der Waals surface area contributed by atoms with E-state index in [1.165, 1.54) is 0 Å². The third-order valence-corrected chi connectivity index (χ3v) is 3.00. The maximum Gasteiger partial charge on any atom is 0.337 e. The normalized spacial score (nSPS) is 10.8. The molecule has 2 aromatic carbocycles. The molecule has 0 heterocycles. The van der Waals surface area contributed by atoms with Crippen molar-refractivity contribution in [3.05, 3.63) is 60.2 Å². The Morgan fingerprint density at radius 3 is 2.33 bits per heavy atom. The highest BCUT2D eigenvalue weighted by atomic mass is 16.5. The number of hydrogen-bond acceptors (Lipinski definition) is 4. The molecule has 0 bridgehead atoms. The first-order valence-electron chi connectivity index (χ1n) is 7.17. The van der Waals surface area contributed by atoms with Crippen LogP contribution in [0.3, 0.4) is 0 Å². The van der Waals surface area contributed by atoms with Crippen LogP contribution in [0, 0.1) is 11.3 Å². The molecular weight excluding hydrogens is 308 g/mol. The predicted molar refractivity (Wildman–Crippen MR) is 88.0 cm³/mol. The van der Waals surface area contributed by atoms with Crippen molar-refractivity contribution >= 4 is 17.6 Å². The molecule has 3 N–H and O–H groups in total. The lowest BCUT2D eigenvalue weighted by molar-refractivity contribution is -0.127. The van der Waals surface area contributed by atoms with Crippen LogP contribution < -0.4 is 20.9 Å². The number of amides is 3. The zero-order valence-corrected chi connectivity index (χ0v) is 12.9. The van der Waals surface area contributed by atoms with Gasteiger partial charge in [0.2, 0.25) is 0 Å². The van der Waals surface area contributed by atoms with Crippen LogP contribution in [0.4, 0.5) is 10.5 Å². The van der Waals surface area contributed by atoms with Crippen molar-refractivity contribution in [2.24, 2.45) is 0 Å². The second kappa shape index (κ2) is 8.19. The van der Waals surface area contributed by atoms with E-state index in [0.29, 0.717) is 17.0 Å². The molecule has 0 saturated carbocycles. The van der Waals surface area contributed by atoms with Gasteiger partial charge in [0.15, 0.2) is 6.10 Å². The smallest absolute Gasteiger partial charge is 0.337 e.